The van der Waals surface area contributed by atoms with E-state index in [0.717, 1.165) is 21.9 Å². The van der Waals surface area contributed by atoms with Gasteiger partial charge >= 0.3 is 0 Å². The molecule has 0 unspecified atom stereocenters. The molecule has 1 amide bonds. The number of anilines is 3. The molecule has 2 heterocycles. The number of hydrogen-bond donors (Lipinski definition) is 1. The van der Waals surface area contributed by atoms with Crippen molar-refractivity contribution in [1.29, 1.82) is 0 Å². The van der Waals surface area contributed by atoms with Crippen LogP contribution in [0.4, 0.5) is 17.1 Å². The molecule has 0 aliphatic carbocycles. The predicted molar refractivity (Wildman–Crippen MR) is 149 cm³/mol. The molecule has 0 spiro atoms. The van der Waals surface area contributed by atoms with Crippen LogP contribution < -0.4 is 13.9 Å². The minimum absolute atomic E-state index is 0.144. The van der Waals surface area contributed by atoms with E-state index in [1.165, 1.54) is 51.3 Å². The van der Waals surface area contributed by atoms with Crippen LogP contribution in [0.5, 0.6) is 0 Å². The molecule has 0 saturated heterocycles. The van der Waals surface area contributed by atoms with Gasteiger partial charge < -0.3 is 5.32 Å². The van der Waals surface area contributed by atoms with Gasteiger partial charge in [-0.1, -0.05) is 17.7 Å². The van der Waals surface area contributed by atoms with Gasteiger partial charge in [0.1, 0.15) is 0 Å². The molecular formula is C25H22ClN3O5S3. The second kappa shape index (κ2) is 9.32. The van der Waals surface area contributed by atoms with Gasteiger partial charge in [0.05, 0.1) is 27.4 Å². The maximum atomic E-state index is 13.3. The Kier molecular flexibility index (Phi) is 6.43. The first kappa shape index (κ1) is 25.5. The van der Waals surface area contributed by atoms with Crippen molar-refractivity contribution in [2.45, 2.75) is 11.3 Å². The van der Waals surface area contributed by atoms with Gasteiger partial charge in [-0.15, -0.1) is 11.3 Å². The van der Waals surface area contributed by atoms with E-state index in [9.17, 15) is 21.6 Å². The van der Waals surface area contributed by atoms with Crippen LogP contribution in [-0.2, 0) is 26.5 Å². The van der Waals surface area contributed by atoms with Gasteiger partial charge in [-0.05, 0) is 78.0 Å². The van der Waals surface area contributed by atoms with Crippen molar-refractivity contribution in [1.82, 2.24) is 0 Å². The Morgan fingerprint density at radius 2 is 1.73 bits per heavy atom. The van der Waals surface area contributed by atoms with Crippen molar-refractivity contribution >= 4 is 76.0 Å². The van der Waals surface area contributed by atoms with Crippen LogP contribution in [0.1, 0.15) is 15.2 Å². The van der Waals surface area contributed by atoms with E-state index in [4.69, 9.17) is 11.6 Å². The number of fused-ring (bicyclic) bond motifs is 2. The van der Waals surface area contributed by atoms with Gasteiger partial charge in [0, 0.05) is 29.0 Å². The molecule has 1 aromatic heterocycles. The van der Waals surface area contributed by atoms with Crippen molar-refractivity contribution in [2.24, 2.45) is 0 Å². The summed E-state index contributed by atoms with van der Waals surface area (Å²) < 4.78 is 53.6. The predicted octanol–water partition coefficient (Wildman–Crippen LogP) is 4.95. The number of amides is 1. The zero-order valence-corrected chi connectivity index (χ0v) is 23.0. The summed E-state index contributed by atoms with van der Waals surface area (Å²) in [5, 5.41) is 4.05. The summed E-state index contributed by atoms with van der Waals surface area (Å²) in [6.45, 7) is 0.304. The topological polar surface area (TPSA) is 104 Å². The molecule has 12 heteroatoms. The lowest BCUT2D eigenvalue weighted by Crippen LogP contribution is -2.29. The highest BCUT2D eigenvalue weighted by molar-refractivity contribution is 7.93. The third kappa shape index (κ3) is 4.91. The summed E-state index contributed by atoms with van der Waals surface area (Å²) in [5.41, 5.74) is 2.37. The number of halogens is 1. The molecule has 0 radical (unpaired) electrons. The van der Waals surface area contributed by atoms with Crippen LogP contribution in [0.2, 0.25) is 5.02 Å². The first-order valence-corrected chi connectivity index (χ1v) is 15.6. The molecule has 4 aromatic rings. The number of hydrogen-bond acceptors (Lipinski definition) is 6. The van der Waals surface area contributed by atoms with Crippen molar-refractivity contribution in [3.05, 3.63) is 82.2 Å². The zero-order chi connectivity index (χ0) is 26.5. The third-order valence-corrected chi connectivity index (χ3v) is 10.6. The molecule has 3 aromatic carbocycles. The van der Waals surface area contributed by atoms with Gasteiger partial charge in [0.15, 0.2) is 0 Å². The quantitative estimate of drug-likeness (QED) is 0.350. The molecule has 1 aliphatic rings. The van der Waals surface area contributed by atoms with E-state index < -0.39 is 20.0 Å². The molecule has 0 atom stereocenters. The SMILES string of the molecule is CN(c1ccc2sc(C(=O)Nc3ccc4c(c3)N(S(=O)(=O)c3ccc(Cl)cc3)CC4)cc2c1)S(C)(=O)=O. The fraction of sp³-hybridized carbons (Fsp3) is 0.160. The molecule has 0 saturated carbocycles. The van der Waals surface area contributed by atoms with Crippen molar-refractivity contribution < 1.29 is 21.6 Å². The van der Waals surface area contributed by atoms with Gasteiger partial charge in [-0.25, -0.2) is 16.8 Å². The van der Waals surface area contributed by atoms with E-state index in [1.54, 1.807) is 36.4 Å². The van der Waals surface area contributed by atoms with Crippen molar-refractivity contribution in [3.8, 4) is 0 Å². The fourth-order valence-corrected chi connectivity index (χ4v) is 7.19. The lowest BCUT2D eigenvalue weighted by Gasteiger charge is -2.20. The Hall–Kier alpha value is -3.12. The first-order chi connectivity index (χ1) is 17.4. The number of carbonyl (C=O) groups is 1. The van der Waals surface area contributed by atoms with Crippen LogP contribution in [0.25, 0.3) is 10.1 Å². The smallest absolute Gasteiger partial charge is 0.265 e. The largest absolute Gasteiger partial charge is 0.321 e. The number of sulfonamides is 2. The number of benzene rings is 3. The average Bonchev–Trinajstić information content (AvgIpc) is 3.47. The maximum absolute atomic E-state index is 13.3. The lowest BCUT2D eigenvalue weighted by atomic mass is 10.1. The number of carbonyl (C=O) groups excluding carboxylic acids is 1. The highest BCUT2D eigenvalue weighted by Gasteiger charge is 2.31. The second-order valence-electron chi connectivity index (χ2n) is 8.64. The molecule has 1 aliphatic heterocycles. The second-order valence-corrected chi connectivity index (χ2v) is 14.0. The average molecular weight is 576 g/mol. The molecule has 8 nitrogen and oxygen atoms in total. The lowest BCUT2D eigenvalue weighted by molar-refractivity contribution is 0.103. The molecule has 37 heavy (non-hydrogen) atoms. The van der Waals surface area contributed by atoms with Crippen LogP contribution in [0.3, 0.4) is 0 Å². The summed E-state index contributed by atoms with van der Waals surface area (Å²) in [4.78, 5) is 13.6. The maximum Gasteiger partial charge on any atom is 0.265 e. The number of thiophene rings is 1. The molecule has 0 bridgehead atoms. The van der Waals surface area contributed by atoms with Crippen molar-refractivity contribution in [3.63, 3.8) is 0 Å². The Morgan fingerprint density at radius 1 is 1.00 bits per heavy atom. The van der Waals surface area contributed by atoms with Crippen LogP contribution in [-0.4, -0.2) is 42.6 Å². The summed E-state index contributed by atoms with van der Waals surface area (Å²) in [5.74, 6) is -0.343. The van der Waals surface area contributed by atoms with E-state index in [2.05, 4.69) is 5.32 Å². The number of nitrogens with zero attached hydrogens (tertiary/aromatic N) is 2. The molecule has 192 valence electrons. The normalized spacial score (nSPS) is 13.5. The Bertz CT molecular complexity index is 1750. The molecule has 0 fully saturated rings. The number of nitrogens with one attached hydrogen (secondary N) is 1. The van der Waals surface area contributed by atoms with E-state index >= 15 is 0 Å². The monoisotopic (exact) mass is 575 g/mol. The summed E-state index contributed by atoms with van der Waals surface area (Å²) in [6.07, 6.45) is 1.69. The van der Waals surface area contributed by atoms with E-state index in [-0.39, 0.29) is 10.8 Å². The van der Waals surface area contributed by atoms with Gasteiger partial charge in [0.25, 0.3) is 15.9 Å². The first-order valence-electron chi connectivity index (χ1n) is 11.1. The van der Waals surface area contributed by atoms with E-state index in [0.29, 0.717) is 39.9 Å². The van der Waals surface area contributed by atoms with Crippen LogP contribution in [0.15, 0.2) is 71.6 Å². The summed E-state index contributed by atoms with van der Waals surface area (Å²) in [6, 6.07) is 18.2. The third-order valence-electron chi connectivity index (χ3n) is 6.18. The Balaban J connectivity index is 1.40. The fourth-order valence-electron chi connectivity index (χ4n) is 4.13. The number of rotatable bonds is 6. The Morgan fingerprint density at radius 3 is 2.43 bits per heavy atom. The standard InChI is InChI=1S/C25H22ClN3O5S3/c1-28(36(2,31)32)20-7-10-23-17(13-20)14-24(35-23)25(30)27-19-6-3-16-11-12-29(22(16)15-19)37(33,34)21-8-4-18(26)5-9-21/h3-10,13-15H,11-12H2,1-2H3,(H,27,30). The van der Waals surface area contributed by atoms with Crippen LogP contribution in [0, 0.1) is 0 Å². The van der Waals surface area contributed by atoms with Gasteiger partial charge in [-0.3, -0.25) is 13.4 Å². The van der Waals surface area contributed by atoms with Crippen LogP contribution >= 0.6 is 22.9 Å². The summed E-state index contributed by atoms with van der Waals surface area (Å²) in [7, 11) is -5.72. The molecular weight excluding hydrogens is 554 g/mol. The zero-order valence-electron chi connectivity index (χ0n) is 19.8. The molecule has 5 rings (SSSR count). The highest BCUT2D eigenvalue weighted by Crippen LogP contribution is 2.36. The molecule has 1 N–H and O–H groups in total. The van der Waals surface area contributed by atoms with Gasteiger partial charge in [0.2, 0.25) is 10.0 Å². The minimum Gasteiger partial charge on any atom is -0.321 e. The highest BCUT2D eigenvalue weighted by atomic mass is 35.5. The van der Waals surface area contributed by atoms with Gasteiger partial charge in [-0.2, -0.15) is 0 Å². The van der Waals surface area contributed by atoms with E-state index in [1.807, 2.05) is 6.07 Å². The van der Waals surface area contributed by atoms with Crippen molar-refractivity contribution in [2.75, 3.05) is 33.8 Å². The minimum atomic E-state index is -3.79. The Labute approximate surface area is 224 Å². The summed E-state index contributed by atoms with van der Waals surface area (Å²) >= 11 is 7.20.